The molecule has 1 saturated heterocycles. The first kappa shape index (κ1) is 13.2. The van der Waals surface area contributed by atoms with Gasteiger partial charge in [0.05, 0.1) is 13.2 Å². The molecule has 1 fully saturated rings. The lowest BCUT2D eigenvalue weighted by Crippen LogP contribution is -2.77. The van der Waals surface area contributed by atoms with Crippen LogP contribution in [0.1, 0.15) is 0 Å². The van der Waals surface area contributed by atoms with E-state index in [2.05, 4.69) is 21.9 Å². The summed E-state index contributed by atoms with van der Waals surface area (Å²) in [6, 6.07) is 9.54. The first-order valence-corrected chi connectivity index (χ1v) is 5.62. The molecular weight excluding hydrogens is 236 g/mol. The van der Waals surface area contributed by atoms with Crippen LogP contribution >= 0.6 is 0 Å². The van der Waals surface area contributed by atoms with Gasteiger partial charge in [-0.05, 0) is 12.1 Å². The second kappa shape index (κ2) is 6.07. The molecule has 0 aliphatic carbocycles. The lowest BCUT2D eigenvalue weighted by atomic mass is 10.3. The molecule has 1 aliphatic heterocycles. The third-order valence-electron chi connectivity index (χ3n) is 2.78. The fraction of sp³-hybridized carbons (Fsp3) is 0.400. The molecule has 0 radical (unpaired) electrons. The van der Waals surface area contributed by atoms with Gasteiger partial charge in [0.25, 0.3) is 0 Å². The molecular formula is C10H18N6O2. The summed E-state index contributed by atoms with van der Waals surface area (Å²) in [7, 11) is 0. The summed E-state index contributed by atoms with van der Waals surface area (Å²) in [6.45, 7) is 1.24. The highest BCUT2D eigenvalue weighted by Crippen LogP contribution is 2.12. The van der Waals surface area contributed by atoms with Gasteiger partial charge in [-0.1, -0.05) is 18.2 Å². The van der Waals surface area contributed by atoms with Gasteiger partial charge in [-0.15, -0.1) is 5.59 Å². The zero-order valence-electron chi connectivity index (χ0n) is 9.89. The van der Waals surface area contributed by atoms with Gasteiger partial charge >= 0.3 is 0 Å². The molecule has 1 aromatic carbocycles. The van der Waals surface area contributed by atoms with Crippen LogP contribution in [0.5, 0.6) is 0 Å². The number of anilines is 1. The number of hydrogen-bond donors (Lipinski definition) is 6. The first-order valence-electron chi connectivity index (χ1n) is 5.62. The van der Waals surface area contributed by atoms with Crippen molar-refractivity contribution in [2.75, 3.05) is 25.2 Å². The van der Waals surface area contributed by atoms with Crippen molar-refractivity contribution in [3.05, 3.63) is 30.3 Å². The summed E-state index contributed by atoms with van der Waals surface area (Å²) < 4.78 is 5.36. The SMILES string of the molecule is NNC1(NNc2ccccc2)COCCN1NO. The van der Waals surface area contributed by atoms with Crippen LogP contribution in [0.4, 0.5) is 5.69 Å². The lowest BCUT2D eigenvalue weighted by molar-refractivity contribution is -0.181. The van der Waals surface area contributed by atoms with Crippen LogP contribution in [0, 0.1) is 0 Å². The molecule has 8 heteroatoms. The minimum Gasteiger partial charge on any atom is -0.375 e. The Balaban J connectivity index is 2.03. The molecule has 1 aliphatic rings. The van der Waals surface area contributed by atoms with E-state index in [0.29, 0.717) is 13.2 Å². The van der Waals surface area contributed by atoms with E-state index in [0.717, 1.165) is 5.69 Å². The van der Waals surface area contributed by atoms with E-state index in [1.165, 1.54) is 5.01 Å². The second-order valence-electron chi connectivity index (χ2n) is 3.92. The Labute approximate surface area is 105 Å². The van der Waals surface area contributed by atoms with E-state index in [4.69, 9.17) is 15.8 Å². The van der Waals surface area contributed by atoms with Crippen LogP contribution in [0.25, 0.3) is 0 Å². The highest BCUT2D eigenvalue weighted by molar-refractivity contribution is 5.41. The Morgan fingerprint density at radius 1 is 1.33 bits per heavy atom. The number of nitrogens with zero attached hydrogens (tertiary/aromatic N) is 1. The topological polar surface area (TPSA) is 107 Å². The zero-order valence-corrected chi connectivity index (χ0v) is 9.89. The minimum atomic E-state index is -0.942. The molecule has 0 spiro atoms. The van der Waals surface area contributed by atoms with Crippen LogP contribution in [-0.4, -0.2) is 35.8 Å². The van der Waals surface area contributed by atoms with Gasteiger partial charge in [-0.25, -0.2) is 5.43 Å². The Morgan fingerprint density at radius 2 is 2.11 bits per heavy atom. The molecule has 0 saturated carbocycles. The smallest absolute Gasteiger partial charge is 0.193 e. The second-order valence-corrected chi connectivity index (χ2v) is 3.92. The van der Waals surface area contributed by atoms with E-state index >= 15 is 0 Å². The average Bonchev–Trinajstić information content (AvgIpc) is 2.46. The molecule has 18 heavy (non-hydrogen) atoms. The fourth-order valence-electron chi connectivity index (χ4n) is 1.74. The molecule has 0 aromatic heterocycles. The number of nitrogens with one attached hydrogen (secondary N) is 4. The summed E-state index contributed by atoms with van der Waals surface area (Å²) in [4.78, 5) is 0. The standard InChI is InChI=1S/C10H18N6O2/c11-13-10(8-18-7-6-16(10)15-17)14-12-9-4-2-1-3-5-9/h1-5,12-15,17H,6-8,11H2. The molecule has 0 amide bonds. The van der Waals surface area contributed by atoms with Gasteiger partial charge in [-0.2, -0.15) is 10.4 Å². The van der Waals surface area contributed by atoms with E-state index in [1.807, 2.05) is 30.3 Å². The molecule has 1 atom stereocenters. The van der Waals surface area contributed by atoms with E-state index in [1.54, 1.807) is 0 Å². The number of morpholine rings is 1. The van der Waals surface area contributed by atoms with Crippen molar-refractivity contribution in [1.82, 2.24) is 21.4 Å². The number of rotatable bonds is 5. The maximum atomic E-state index is 9.11. The highest BCUT2D eigenvalue weighted by atomic mass is 16.5. The summed E-state index contributed by atoms with van der Waals surface area (Å²) in [5, 5.41) is 10.6. The van der Waals surface area contributed by atoms with Crippen LogP contribution < -0.4 is 27.7 Å². The third kappa shape index (κ3) is 2.76. The Hall–Kier alpha value is -1.26. The summed E-state index contributed by atoms with van der Waals surface area (Å²) in [5.74, 6) is 4.60. The minimum absolute atomic E-state index is 0.261. The molecule has 2 rings (SSSR count). The monoisotopic (exact) mass is 254 g/mol. The van der Waals surface area contributed by atoms with Crippen LogP contribution in [0.3, 0.4) is 0 Å². The van der Waals surface area contributed by atoms with E-state index < -0.39 is 5.79 Å². The predicted molar refractivity (Wildman–Crippen MR) is 65.7 cm³/mol. The van der Waals surface area contributed by atoms with Gasteiger partial charge in [0.15, 0.2) is 5.79 Å². The number of ether oxygens (including phenoxy) is 1. The van der Waals surface area contributed by atoms with Crippen molar-refractivity contribution in [2.24, 2.45) is 5.84 Å². The Bertz CT molecular complexity index is 365. The van der Waals surface area contributed by atoms with Crippen LogP contribution in [0.15, 0.2) is 30.3 Å². The fourth-order valence-corrected chi connectivity index (χ4v) is 1.74. The van der Waals surface area contributed by atoms with Crippen molar-refractivity contribution >= 4 is 5.69 Å². The normalized spacial score (nSPS) is 25.0. The molecule has 1 aromatic rings. The predicted octanol–water partition coefficient (Wildman–Crippen LogP) is -1.05. The van der Waals surface area contributed by atoms with Gasteiger partial charge in [0.2, 0.25) is 0 Å². The number of para-hydroxylation sites is 1. The van der Waals surface area contributed by atoms with Crippen LogP contribution in [0.2, 0.25) is 0 Å². The molecule has 1 unspecified atom stereocenters. The summed E-state index contributed by atoms with van der Waals surface area (Å²) >= 11 is 0. The molecule has 8 nitrogen and oxygen atoms in total. The quantitative estimate of drug-likeness (QED) is 0.224. The van der Waals surface area contributed by atoms with Gasteiger partial charge in [-0.3, -0.25) is 5.84 Å². The van der Waals surface area contributed by atoms with E-state index in [9.17, 15) is 0 Å². The average molecular weight is 254 g/mol. The van der Waals surface area contributed by atoms with Gasteiger partial charge in [0, 0.05) is 12.2 Å². The van der Waals surface area contributed by atoms with Crippen molar-refractivity contribution in [1.29, 1.82) is 0 Å². The van der Waals surface area contributed by atoms with Crippen molar-refractivity contribution < 1.29 is 9.94 Å². The van der Waals surface area contributed by atoms with Crippen molar-refractivity contribution in [2.45, 2.75) is 5.79 Å². The highest BCUT2D eigenvalue weighted by Gasteiger charge is 2.39. The molecule has 1 heterocycles. The first-order chi connectivity index (χ1) is 8.80. The van der Waals surface area contributed by atoms with Gasteiger partial charge < -0.3 is 15.4 Å². The van der Waals surface area contributed by atoms with E-state index in [-0.39, 0.29) is 6.61 Å². The molecule has 100 valence electrons. The number of hydrazine groups is 3. The maximum Gasteiger partial charge on any atom is 0.193 e. The number of benzene rings is 1. The number of hydrogen-bond acceptors (Lipinski definition) is 8. The number of nitrogens with two attached hydrogens (primary N) is 1. The molecule has 7 N–H and O–H groups in total. The van der Waals surface area contributed by atoms with Crippen molar-refractivity contribution in [3.8, 4) is 0 Å². The Kier molecular flexibility index (Phi) is 4.44. The summed E-state index contributed by atoms with van der Waals surface area (Å²) in [6.07, 6.45) is 0. The lowest BCUT2D eigenvalue weighted by Gasteiger charge is -2.44. The summed E-state index contributed by atoms with van der Waals surface area (Å²) in [5.41, 5.74) is 11.6. The third-order valence-corrected chi connectivity index (χ3v) is 2.78. The largest absolute Gasteiger partial charge is 0.375 e. The Morgan fingerprint density at radius 3 is 2.78 bits per heavy atom. The van der Waals surface area contributed by atoms with Crippen LogP contribution in [-0.2, 0) is 4.74 Å². The zero-order chi connectivity index (χ0) is 12.8. The maximum absolute atomic E-state index is 9.11. The van der Waals surface area contributed by atoms with Crippen molar-refractivity contribution in [3.63, 3.8) is 0 Å². The van der Waals surface area contributed by atoms with Gasteiger partial charge in [0.1, 0.15) is 0 Å². The molecule has 0 bridgehead atoms.